The summed E-state index contributed by atoms with van der Waals surface area (Å²) in [6, 6.07) is 17.7. The van der Waals surface area contributed by atoms with Crippen LogP contribution in [0, 0.1) is 23.7 Å². The zero-order valence-electron chi connectivity index (χ0n) is 23.7. The quantitative estimate of drug-likeness (QED) is 0.217. The summed E-state index contributed by atoms with van der Waals surface area (Å²) < 4.78 is 12.1. The second-order valence-corrected chi connectivity index (χ2v) is 12.2. The van der Waals surface area contributed by atoms with Crippen LogP contribution >= 0.6 is 0 Å². The van der Waals surface area contributed by atoms with E-state index in [2.05, 4.69) is 48.5 Å². The van der Waals surface area contributed by atoms with E-state index in [9.17, 15) is 0 Å². The maximum Gasteiger partial charge on any atom is 0.119 e. The Hall–Kier alpha value is -2.30. The molecule has 4 bridgehead atoms. The molecule has 0 spiro atoms. The van der Waals surface area contributed by atoms with Crippen molar-refractivity contribution in [2.24, 2.45) is 23.7 Å². The molecular formula is C35H48O4. The van der Waals surface area contributed by atoms with Crippen LogP contribution < -0.4 is 9.47 Å². The van der Waals surface area contributed by atoms with Crippen molar-refractivity contribution < 1.29 is 19.7 Å². The fourth-order valence-electron chi connectivity index (χ4n) is 7.55. The van der Waals surface area contributed by atoms with Gasteiger partial charge < -0.3 is 19.7 Å². The van der Waals surface area contributed by atoms with Gasteiger partial charge in [-0.05, 0) is 135 Å². The molecule has 39 heavy (non-hydrogen) atoms. The van der Waals surface area contributed by atoms with E-state index in [4.69, 9.17) is 19.7 Å². The van der Waals surface area contributed by atoms with Gasteiger partial charge in [0, 0.05) is 13.2 Å². The zero-order valence-corrected chi connectivity index (χ0v) is 23.7. The Bertz CT molecular complexity index is 948. The Balaban J connectivity index is 1.30. The normalized spacial score (nSPS) is 23.3. The van der Waals surface area contributed by atoms with Crippen molar-refractivity contribution in [3.8, 4) is 11.5 Å². The molecular weight excluding hydrogens is 484 g/mol. The molecule has 0 aromatic heterocycles. The molecule has 0 aliphatic heterocycles. The van der Waals surface area contributed by atoms with Crippen molar-refractivity contribution in [3.63, 3.8) is 0 Å². The van der Waals surface area contributed by atoms with Gasteiger partial charge in [0.1, 0.15) is 11.5 Å². The average Bonchev–Trinajstić information content (AvgIpc) is 2.95. The molecule has 4 saturated carbocycles. The third-order valence-corrected chi connectivity index (χ3v) is 9.23. The van der Waals surface area contributed by atoms with Crippen molar-refractivity contribution in [2.45, 2.75) is 83.5 Å². The van der Waals surface area contributed by atoms with Crippen molar-refractivity contribution in [2.75, 3.05) is 26.4 Å². The van der Waals surface area contributed by atoms with Crippen LogP contribution in [-0.4, -0.2) is 36.6 Å². The first kappa shape index (κ1) is 28.2. The van der Waals surface area contributed by atoms with Crippen LogP contribution in [-0.2, 0) is 0 Å². The van der Waals surface area contributed by atoms with Crippen LogP contribution in [0.2, 0.25) is 0 Å². The second kappa shape index (κ2) is 14.4. The van der Waals surface area contributed by atoms with E-state index in [1.54, 1.807) is 5.57 Å². The summed E-state index contributed by atoms with van der Waals surface area (Å²) in [7, 11) is 0. The van der Waals surface area contributed by atoms with Gasteiger partial charge in [-0.15, -0.1) is 0 Å². The summed E-state index contributed by atoms with van der Waals surface area (Å²) in [6.45, 7) is 2.03. The van der Waals surface area contributed by atoms with E-state index in [1.165, 1.54) is 48.8 Å². The van der Waals surface area contributed by atoms with E-state index in [-0.39, 0.29) is 13.2 Å². The Kier molecular flexibility index (Phi) is 10.4. The van der Waals surface area contributed by atoms with E-state index in [0.29, 0.717) is 0 Å². The first-order chi connectivity index (χ1) is 19.2. The smallest absolute Gasteiger partial charge is 0.119 e. The van der Waals surface area contributed by atoms with Gasteiger partial charge in [-0.25, -0.2) is 0 Å². The number of benzene rings is 2. The van der Waals surface area contributed by atoms with Crippen LogP contribution in [0.15, 0.2) is 54.1 Å². The van der Waals surface area contributed by atoms with Crippen LogP contribution in [0.5, 0.6) is 11.5 Å². The first-order valence-corrected chi connectivity index (χ1v) is 15.7. The number of aliphatic hydroxyl groups excluding tert-OH is 2. The van der Waals surface area contributed by atoms with Crippen molar-refractivity contribution in [3.05, 3.63) is 65.2 Å². The third-order valence-electron chi connectivity index (χ3n) is 9.23. The van der Waals surface area contributed by atoms with E-state index >= 15 is 0 Å². The first-order valence-electron chi connectivity index (χ1n) is 15.7. The lowest BCUT2D eigenvalue weighted by atomic mass is 9.53. The summed E-state index contributed by atoms with van der Waals surface area (Å²) >= 11 is 0. The van der Waals surface area contributed by atoms with E-state index < -0.39 is 0 Å². The fourth-order valence-corrected chi connectivity index (χ4v) is 7.55. The maximum absolute atomic E-state index is 8.95. The molecule has 0 unspecified atom stereocenters. The van der Waals surface area contributed by atoms with Crippen LogP contribution in [0.1, 0.15) is 94.6 Å². The molecule has 0 saturated heterocycles. The lowest BCUT2D eigenvalue weighted by Crippen LogP contribution is -2.40. The van der Waals surface area contributed by atoms with Gasteiger partial charge in [-0.1, -0.05) is 42.7 Å². The Morgan fingerprint density at radius 2 is 0.949 bits per heavy atom. The minimum Gasteiger partial charge on any atom is -0.494 e. The molecule has 0 radical (unpaired) electrons. The monoisotopic (exact) mass is 532 g/mol. The molecule has 4 aliphatic rings. The second-order valence-electron chi connectivity index (χ2n) is 12.2. The third kappa shape index (κ3) is 7.46. The summed E-state index contributed by atoms with van der Waals surface area (Å²) in [4.78, 5) is 0. The predicted molar refractivity (Wildman–Crippen MR) is 158 cm³/mol. The average molecular weight is 533 g/mol. The highest BCUT2D eigenvalue weighted by atomic mass is 16.5. The summed E-state index contributed by atoms with van der Waals surface area (Å²) in [5.41, 5.74) is 5.79. The molecule has 4 nitrogen and oxygen atoms in total. The number of ether oxygens (including phenoxy) is 2. The number of unbranched alkanes of at least 4 members (excludes halogenated alkanes) is 6. The van der Waals surface area contributed by atoms with E-state index in [1.807, 2.05) is 0 Å². The van der Waals surface area contributed by atoms with Crippen molar-refractivity contribution in [1.82, 2.24) is 0 Å². The maximum atomic E-state index is 8.95. The highest BCUT2D eigenvalue weighted by molar-refractivity contribution is 5.83. The highest BCUT2D eigenvalue weighted by Crippen LogP contribution is 2.58. The summed E-state index contributed by atoms with van der Waals surface area (Å²) in [5.74, 6) is 5.25. The molecule has 6 rings (SSSR count). The minimum atomic E-state index is 0.283. The molecule has 212 valence electrons. The highest BCUT2D eigenvalue weighted by Gasteiger charge is 2.46. The topological polar surface area (TPSA) is 58.9 Å². The zero-order chi connectivity index (χ0) is 26.9. The van der Waals surface area contributed by atoms with Gasteiger partial charge in [0.25, 0.3) is 0 Å². The predicted octanol–water partition coefficient (Wildman–Crippen LogP) is 7.81. The lowest BCUT2D eigenvalue weighted by Gasteiger charge is -2.52. The fraction of sp³-hybridized carbons (Fsp3) is 0.600. The van der Waals surface area contributed by atoms with Gasteiger partial charge in [0.2, 0.25) is 0 Å². The molecule has 0 atom stereocenters. The summed E-state index contributed by atoms with van der Waals surface area (Å²) in [5, 5.41) is 17.9. The molecule has 4 fully saturated rings. The Labute approximate surface area is 235 Å². The van der Waals surface area contributed by atoms with Gasteiger partial charge >= 0.3 is 0 Å². The molecule has 0 heterocycles. The number of hydrogen-bond acceptors (Lipinski definition) is 4. The van der Waals surface area contributed by atoms with Gasteiger partial charge in [-0.2, -0.15) is 0 Å². The van der Waals surface area contributed by atoms with Gasteiger partial charge in [0.05, 0.1) is 13.2 Å². The molecule has 0 amide bonds. The standard InChI is InChI=1S/C35H48O4/c36-17-5-1-3-7-19-38-32-13-9-28(10-14-32)34(35-30-22-26-21-27(24-30)25-31(35)23-26)29-11-15-33(16-12-29)39-20-8-4-2-6-18-37/h9-16,26-27,30-31,36-37H,1-8,17-25H2. The van der Waals surface area contributed by atoms with Crippen LogP contribution in [0.3, 0.4) is 0 Å². The largest absolute Gasteiger partial charge is 0.494 e. The molecule has 2 aromatic rings. The number of hydrogen-bond donors (Lipinski definition) is 2. The number of rotatable bonds is 16. The van der Waals surface area contributed by atoms with Crippen molar-refractivity contribution in [1.29, 1.82) is 0 Å². The summed E-state index contributed by atoms with van der Waals surface area (Å²) in [6.07, 6.45) is 15.1. The lowest BCUT2D eigenvalue weighted by molar-refractivity contribution is 0.0705. The number of aliphatic hydroxyl groups is 2. The Morgan fingerprint density at radius 3 is 1.36 bits per heavy atom. The van der Waals surface area contributed by atoms with E-state index in [0.717, 1.165) is 99.8 Å². The SMILES string of the molecule is OCCCCCCOc1ccc(C(=C2C3CC4CC(C3)CC2C4)c2ccc(OCCCCCCO)cc2)cc1. The van der Waals surface area contributed by atoms with Crippen LogP contribution in [0.25, 0.3) is 5.57 Å². The van der Waals surface area contributed by atoms with Crippen LogP contribution in [0.4, 0.5) is 0 Å². The van der Waals surface area contributed by atoms with Crippen molar-refractivity contribution >= 4 is 5.57 Å². The molecule has 4 aliphatic carbocycles. The molecule has 2 aromatic carbocycles. The molecule has 2 N–H and O–H groups in total. The minimum absolute atomic E-state index is 0.283. The molecule has 4 heteroatoms. The Morgan fingerprint density at radius 1 is 0.538 bits per heavy atom. The van der Waals surface area contributed by atoms with Gasteiger partial charge in [-0.3, -0.25) is 0 Å². The van der Waals surface area contributed by atoms with Gasteiger partial charge in [0.15, 0.2) is 0 Å². The number of allylic oxidation sites excluding steroid dienone is 1.